The number of nitrogens with zero attached hydrogens (tertiary/aromatic N) is 1. The molecule has 0 amide bonds. The summed E-state index contributed by atoms with van der Waals surface area (Å²) in [7, 11) is 2.04. The molecule has 0 aliphatic carbocycles. The van der Waals surface area contributed by atoms with Crippen LogP contribution in [0, 0.1) is 11.7 Å². The van der Waals surface area contributed by atoms with Gasteiger partial charge in [0.05, 0.1) is 0 Å². The predicted molar refractivity (Wildman–Crippen MR) is 78.1 cm³/mol. The van der Waals surface area contributed by atoms with E-state index in [0.29, 0.717) is 18.0 Å². The van der Waals surface area contributed by atoms with Crippen LogP contribution in [0.1, 0.15) is 31.4 Å². The Morgan fingerprint density at radius 1 is 1.39 bits per heavy atom. The van der Waals surface area contributed by atoms with Gasteiger partial charge in [0.15, 0.2) is 0 Å². The van der Waals surface area contributed by atoms with Crippen molar-refractivity contribution in [2.45, 2.75) is 26.8 Å². The predicted octanol–water partition coefficient (Wildman–Crippen LogP) is 2.94. The zero-order valence-electron chi connectivity index (χ0n) is 11.2. The number of nitrogens with two attached hydrogens (primary N) is 1. The maximum atomic E-state index is 13.4. The summed E-state index contributed by atoms with van der Waals surface area (Å²) < 4.78 is 13.4. The minimum absolute atomic E-state index is 0.237. The first-order valence-electron chi connectivity index (χ1n) is 6.16. The monoisotopic (exact) mass is 268 g/mol. The highest BCUT2D eigenvalue weighted by molar-refractivity contribution is 7.80. The first kappa shape index (κ1) is 15.1. The molecule has 100 valence electrons. The van der Waals surface area contributed by atoms with Crippen LogP contribution >= 0.6 is 12.2 Å². The van der Waals surface area contributed by atoms with Gasteiger partial charge in [-0.1, -0.05) is 26.1 Å². The number of thiocarbonyl (C=S) groups is 1. The van der Waals surface area contributed by atoms with Crippen LogP contribution in [0.5, 0.6) is 0 Å². The van der Waals surface area contributed by atoms with Crippen molar-refractivity contribution in [3.63, 3.8) is 0 Å². The van der Waals surface area contributed by atoms with Crippen LogP contribution in [0.4, 0.5) is 4.39 Å². The van der Waals surface area contributed by atoms with Gasteiger partial charge in [-0.15, -0.1) is 0 Å². The summed E-state index contributed by atoms with van der Waals surface area (Å²) in [4.78, 5) is 2.42. The topological polar surface area (TPSA) is 29.3 Å². The van der Waals surface area contributed by atoms with Gasteiger partial charge in [0.25, 0.3) is 0 Å². The summed E-state index contributed by atoms with van der Waals surface area (Å²) in [5, 5.41) is 0. The Hall–Kier alpha value is -1.00. The molecule has 0 aromatic heterocycles. The van der Waals surface area contributed by atoms with Crippen molar-refractivity contribution in [2.75, 3.05) is 13.6 Å². The number of hydrogen-bond donors (Lipinski definition) is 1. The van der Waals surface area contributed by atoms with Crippen molar-refractivity contribution in [3.8, 4) is 0 Å². The van der Waals surface area contributed by atoms with Crippen LogP contribution < -0.4 is 5.73 Å². The molecule has 0 fully saturated rings. The quantitative estimate of drug-likeness (QED) is 0.804. The first-order valence-corrected chi connectivity index (χ1v) is 6.57. The average molecular weight is 268 g/mol. The van der Waals surface area contributed by atoms with Gasteiger partial charge in [0.2, 0.25) is 0 Å². The zero-order chi connectivity index (χ0) is 13.7. The molecule has 1 rings (SSSR count). The van der Waals surface area contributed by atoms with Gasteiger partial charge < -0.3 is 10.6 Å². The van der Waals surface area contributed by atoms with Gasteiger partial charge in [-0.25, -0.2) is 4.39 Å². The van der Waals surface area contributed by atoms with Crippen LogP contribution in [0.15, 0.2) is 18.2 Å². The third kappa shape index (κ3) is 5.10. The van der Waals surface area contributed by atoms with E-state index in [2.05, 4.69) is 18.7 Å². The van der Waals surface area contributed by atoms with Crippen LogP contribution in [-0.4, -0.2) is 23.5 Å². The third-order valence-corrected chi connectivity index (χ3v) is 3.02. The van der Waals surface area contributed by atoms with E-state index in [0.717, 1.165) is 18.5 Å². The van der Waals surface area contributed by atoms with Crippen LogP contribution in [0.2, 0.25) is 0 Å². The Morgan fingerprint density at radius 2 is 2.06 bits per heavy atom. The fourth-order valence-corrected chi connectivity index (χ4v) is 1.87. The molecule has 0 bridgehead atoms. The van der Waals surface area contributed by atoms with E-state index in [1.807, 2.05) is 13.1 Å². The van der Waals surface area contributed by atoms with Crippen molar-refractivity contribution in [1.29, 1.82) is 0 Å². The second kappa shape index (κ2) is 6.81. The van der Waals surface area contributed by atoms with E-state index in [4.69, 9.17) is 18.0 Å². The molecule has 0 heterocycles. The van der Waals surface area contributed by atoms with Gasteiger partial charge in [-0.2, -0.15) is 0 Å². The number of hydrogen-bond acceptors (Lipinski definition) is 2. The molecule has 18 heavy (non-hydrogen) atoms. The molecule has 1 aromatic carbocycles. The molecule has 0 saturated heterocycles. The van der Waals surface area contributed by atoms with Crippen molar-refractivity contribution in [2.24, 2.45) is 11.7 Å². The van der Waals surface area contributed by atoms with Crippen LogP contribution in [0.3, 0.4) is 0 Å². The molecule has 0 atom stereocenters. The molecule has 0 aliphatic rings. The van der Waals surface area contributed by atoms with E-state index in [1.54, 1.807) is 0 Å². The summed E-state index contributed by atoms with van der Waals surface area (Å²) in [6.45, 7) is 6.10. The average Bonchev–Trinajstić information content (AvgIpc) is 2.25. The lowest BCUT2D eigenvalue weighted by atomic mass is 10.1. The van der Waals surface area contributed by atoms with Gasteiger partial charge >= 0.3 is 0 Å². The number of rotatable bonds is 6. The van der Waals surface area contributed by atoms with Gasteiger partial charge in [-0.3, -0.25) is 0 Å². The second-order valence-electron chi connectivity index (χ2n) is 5.13. The Bertz CT molecular complexity index is 418. The highest BCUT2D eigenvalue weighted by Gasteiger charge is 2.06. The van der Waals surface area contributed by atoms with E-state index < -0.39 is 0 Å². The second-order valence-corrected chi connectivity index (χ2v) is 5.57. The van der Waals surface area contributed by atoms with Crippen molar-refractivity contribution in [1.82, 2.24) is 4.90 Å². The van der Waals surface area contributed by atoms with E-state index in [-0.39, 0.29) is 10.8 Å². The number of benzene rings is 1. The molecule has 1 aromatic rings. The molecule has 2 nitrogen and oxygen atoms in total. The highest BCUT2D eigenvalue weighted by Crippen LogP contribution is 2.12. The normalized spacial score (nSPS) is 11.2. The third-order valence-electron chi connectivity index (χ3n) is 2.78. The summed E-state index contributed by atoms with van der Waals surface area (Å²) in [5.74, 6) is 0.389. The molecular formula is C14H21FN2S. The molecule has 0 radical (unpaired) electrons. The summed E-state index contributed by atoms with van der Waals surface area (Å²) in [6.07, 6.45) is 1.13. The fourth-order valence-electron chi connectivity index (χ4n) is 1.75. The Labute approximate surface area is 114 Å². The van der Waals surface area contributed by atoms with Crippen molar-refractivity contribution < 1.29 is 4.39 Å². The Morgan fingerprint density at radius 3 is 2.61 bits per heavy atom. The lowest BCUT2D eigenvalue weighted by Gasteiger charge is -2.18. The van der Waals surface area contributed by atoms with Crippen LogP contribution in [0.25, 0.3) is 0 Å². The Balaban J connectivity index is 2.69. The Kier molecular flexibility index (Phi) is 5.69. The SMILES string of the molecule is CC(C)CCN(C)Cc1cc(F)cc(C(N)=S)c1. The largest absolute Gasteiger partial charge is 0.389 e. The minimum atomic E-state index is -0.285. The maximum Gasteiger partial charge on any atom is 0.124 e. The van der Waals surface area contributed by atoms with Gasteiger partial charge in [0, 0.05) is 12.1 Å². The molecule has 0 unspecified atom stereocenters. The summed E-state index contributed by atoms with van der Waals surface area (Å²) >= 11 is 4.88. The van der Waals surface area contributed by atoms with E-state index in [1.165, 1.54) is 12.1 Å². The van der Waals surface area contributed by atoms with E-state index in [9.17, 15) is 4.39 Å². The van der Waals surface area contributed by atoms with Gasteiger partial charge in [0.1, 0.15) is 10.8 Å². The van der Waals surface area contributed by atoms with Crippen molar-refractivity contribution in [3.05, 3.63) is 35.1 Å². The lowest BCUT2D eigenvalue weighted by molar-refractivity contribution is 0.303. The minimum Gasteiger partial charge on any atom is -0.389 e. The van der Waals surface area contributed by atoms with Crippen LogP contribution in [-0.2, 0) is 6.54 Å². The highest BCUT2D eigenvalue weighted by atomic mass is 32.1. The maximum absolute atomic E-state index is 13.4. The molecule has 4 heteroatoms. The van der Waals surface area contributed by atoms with Gasteiger partial charge in [-0.05, 0) is 49.7 Å². The summed E-state index contributed by atoms with van der Waals surface area (Å²) in [5.41, 5.74) is 7.03. The fraction of sp³-hybridized carbons (Fsp3) is 0.500. The summed E-state index contributed by atoms with van der Waals surface area (Å²) in [6, 6.07) is 4.77. The van der Waals surface area contributed by atoms with Crippen molar-refractivity contribution >= 4 is 17.2 Å². The van der Waals surface area contributed by atoms with E-state index >= 15 is 0 Å². The standard InChI is InChI=1S/C14H21FN2S/c1-10(2)4-5-17(3)9-11-6-12(14(16)18)8-13(15)7-11/h6-8,10H,4-5,9H2,1-3H3,(H2,16,18). The molecule has 2 N–H and O–H groups in total. The number of halogens is 1. The lowest BCUT2D eigenvalue weighted by Crippen LogP contribution is -2.21. The first-order chi connectivity index (χ1) is 8.38. The smallest absolute Gasteiger partial charge is 0.124 e. The molecule has 0 saturated carbocycles. The molecular weight excluding hydrogens is 247 g/mol. The molecule has 0 spiro atoms. The molecule has 0 aliphatic heterocycles. The zero-order valence-corrected chi connectivity index (χ0v) is 12.1.